The van der Waals surface area contributed by atoms with Crippen molar-refractivity contribution in [3.05, 3.63) is 30.3 Å². The van der Waals surface area contributed by atoms with Crippen molar-refractivity contribution in [3.8, 4) is 0 Å². The fraction of sp³-hybridized carbons (Fsp3) is 0.273. The first-order valence-electron chi connectivity index (χ1n) is 5.25. The molecular formula is C11H15N3O3. The van der Waals surface area contributed by atoms with Crippen LogP contribution in [0.15, 0.2) is 30.3 Å². The Kier molecular flexibility index (Phi) is 5.53. The van der Waals surface area contributed by atoms with E-state index in [1.165, 1.54) is 5.48 Å². The van der Waals surface area contributed by atoms with Crippen molar-refractivity contribution in [3.63, 3.8) is 0 Å². The normalized spacial score (nSPS) is 9.47. The third-order valence-corrected chi connectivity index (χ3v) is 2.03. The first-order valence-corrected chi connectivity index (χ1v) is 5.25. The Morgan fingerprint density at radius 2 is 1.88 bits per heavy atom. The van der Waals surface area contributed by atoms with Gasteiger partial charge in [0, 0.05) is 18.7 Å². The fourth-order valence-electron chi connectivity index (χ4n) is 1.24. The summed E-state index contributed by atoms with van der Waals surface area (Å²) >= 11 is 0. The number of amides is 3. The minimum atomic E-state index is -0.673. The van der Waals surface area contributed by atoms with Crippen LogP contribution in [-0.2, 0) is 4.79 Å². The molecule has 0 spiro atoms. The van der Waals surface area contributed by atoms with Crippen molar-refractivity contribution >= 4 is 17.6 Å². The van der Waals surface area contributed by atoms with Gasteiger partial charge in [0.15, 0.2) is 0 Å². The van der Waals surface area contributed by atoms with Gasteiger partial charge >= 0.3 is 6.03 Å². The van der Waals surface area contributed by atoms with Crippen LogP contribution in [-0.4, -0.2) is 23.7 Å². The van der Waals surface area contributed by atoms with Gasteiger partial charge in [0.25, 0.3) is 0 Å². The first-order chi connectivity index (χ1) is 8.22. The van der Waals surface area contributed by atoms with Crippen molar-refractivity contribution in [2.24, 2.45) is 0 Å². The summed E-state index contributed by atoms with van der Waals surface area (Å²) in [4.78, 5) is 22.0. The van der Waals surface area contributed by atoms with Gasteiger partial charge in [-0.25, -0.2) is 10.3 Å². The van der Waals surface area contributed by atoms with Crippen LogP contribution in [0.4, 0.5) is 10.5 Å². The van der Waals surface area contributed by atoms with E-state index in [1.54, 1.807) is 12.1 Å². The number of hydrogen-bond acceptors (Lipinski definition) is 3. The van der Waals surface area contributed by atoms with E-state index in [-0.39, 0.29) is 5.91 Å². The highest BCUT2D eigenvalue weighted by Crippen LogP contribution is 2.05. The van der Waals surface area contributed by atoms with Gasteiger partial charge < -0.3 is 10.6 Å². The van der Waals surface area contributed by atoms with Crippen LogP contribution < -0.4 is 16.1 Å². The van der Waals surface area contributed by atoms with E-state index in [0.29, 0.717) is 19.4 Å². The summed E-state index contributed by atoms with van der Waals surface area (Å²) in [5, 5.41) is 13.3. The minimum Gasteiger partial charge on any atom is -0.336 e. The summed E-state index contributed by atoms with van der Waals surface area (Å²) in [6.07, 6.45) is 0.812. The molecule has 0 aliphatic rings. The molecule has 6 heteroatoms. The summed E-state index contributed by atoms with van der Waals surface area (Å²) in [5.41, 5.74) is 2.19. The summed E-state index contributed by atoms with van der Waals surface area (Å²) < 4.78 is 0. The molecule has 0 saturated carbocycles. The molecule has 0 unspecified atom stereocenters. The van der Waals surface area contributed by atoms with Gasteiger partial charge in [-0.2, -0.15) is 0 Å². The summed E-state index contributed by atoms with van der Waals surface area (Å²) in [6, 6.07) is 8.47. The van der Waals surface area contributed by atoms with Gasteiger partial charge in [-0.3, -0.25) is 10.0 Å². The quantitative estimate of drug-likeness (QED) is 0.351. The monoisotopic (exact) mass is 237 g/mol. The Bertz CT molecular complexity index is 367. The van der Waals surface area contributed by atoms with Crippen molar-refractivity contribution in [2.75, 3.05) is 11.9 Å². The average molecular weight is 237 g/mol. The fourth-order valence-corrected chi connectivity index (χ4v) is 1.24. The maximum Gasteiger partial charge on any atom is 0.338 e. The number of hydrogen-bond donors (Lipinski definition) is 4. The van der Waals surface area contributed by atoms with Crippen LogP contribution in [0.1, 0.15) is 12.8 Å². The molecule has 1 aromatic carbocycles. The Hall–Kier alpha value is -2.08. The molecule has 0 bridgehead atoms. The number of carbonyl (C=O) groups is 2. The molecule has 3 amide bonds. The molecule has 6 nitrogen and oxygen atoms in total. The van der Waals surface area contributed by atoms with E-state index >= 15 is 0 Å². The van der Waals surface area contributed by atoms with Crippen LogP contribution in [0.2, 0.25) is 0 Å². The number of anilines is 1. The standard InChI is InChI=1S/C11H15N3O3/c15-10(7-4-8-12-11(16)14-17)13-9-5-2-1-3-6-9/h1-3,5-6,17H,4,7-8H2,(H,13,15)(H2,12,14,16). The number of hydroxylamine groups is 1. The van der Waals surface area contributed by atoms with E-state index in [1.807, 2.05) is 18.2 Å². The highest BCUT2D eigenvalue weighted by Gasteiger charge is 2.02. The molecule has 17 heavy (non-hydrogen) atoms. The summed E-state index contributed by atoms with van der Waals surface area (Å²) in [7, 11) is 0. The van der Waals surface area contributed by atoms with E-state index < -0.39 is 6.03 Å². The maximum atomic E-state index is 11.4. The van der Waals surface area contributed by atoms with Gasteiger partial charge in [-0.15, -0.1) is 0 Å². The lowest BCUT2D eigenvalue weighted by molar-refractivity contribution is -0.116. The summed E-state index contributed by atoms with van der Waals surface area (Å²) in [6.45, 7) is 0.328. The molecular weight excluding hydrogens is 222 g/mol. The Morgan fingerprint density at radius 3 is 2.53 bits per heavy atom. The van der Waals surface area contributed by atoms with Gasteiger partial charge in [0.05, 0.1) is 0 Å². The number of benzene rings is 1. The Labute approximate surface area is 99.0 Å². The average Bonchev–Trinajstić information content (AvgIpc) is 2.35. The zero-order chi connectivity index (χ0) is 12.5. The van der Waals surface area contributed by atoms with Gasteiger partial charge in [0.2, 0.25) is 5.91 Å². The van der Waals surface area contributed by atoms with Crippen molar-refractivity contribution in [2.45, 2.75) is 12.8 Å². The van der Waals surface area contributed by atoms with Crippen LogP contribution in [0.3, 0.4) is 0 Å². The molecule has 1 aromatic rings. The largest absolute Gasteiger partial charge is 0.338 e. The second-order valence-corrected chi connectivity index (χ2v) is 3.39. The van der Waals surface area contributed by atoms with E-state index in [4.69, 9.17) is 5.21 Å². The second kappa shape index (κ2) is 7.24. The topological polar surface area (TPSA) is 90.5 Å². The highest BCUT2D eigenvalue weighted by molar-refractivity contribution is 5.90. The van der Waals surface area contributed by atoms with Crippen LogP contribution >= 0.6 is 0 Å². The Balaban J connectivity index is 2.16. The second-order valence-electron chi connectivity index (χ2n) is 3.39. The molecule has 0 saturated heterocycles. The molecule has 0 aromatic heterocycles. The molecule has 0 atom stereocenters. The lowest BCUT2D eigenvalue weighted by atomic mass is 10.2. The molecule has 1 rings (SSSR count). The zero-order valence-electron chi connectivity index (χ0n) is 9.27. The van der Waals surface area contributed by atoms with E-state index in [2.05, 4.69) is 10.6 Å². The van der Waals surface area contributed by atoms with Gasteiger partial charge in [-0.1, -0.05) is 18.2 Å². The SMILES string of the molecule is O=C(CCCNC(=O)NO)Nc1ccccc1. The molecule has 0 aliphatic carbocycles. The number of rotatable bonds is 5. The van der Waals surface area contributed by atoms with E-state index in [0.717, 1.165) is 5.69 Å². The maximum absolute atomic E-state index is 11.4. The number of carbonyl (C=O) groups excluding carboxylic acids is 2. The van der Waals surface area contributed by atoms with Crippen LogP contribution in [0, 0.1) is 0 Å². The number of urea groups is 1. The van der Waals surface area contributed by atoms with Crippen molar-refractivity contribution in [1.29, 1.82) is 0 Å². The summed E-state index contributed by atoms with van der Waals surface area (Å²) in [5.74, 6) is -0.109. The van der Waals surface area contributed by atoms with Gasteiger partial charge in [0.1, 0.15) is 0 Å². The third-order valence-electron chi connectivity index (χ3n) is 2.03. The molecule has 0 radical (unpaired) electrons. The number of para-hydroxylation sites is 1. The van der Waals surface area contributed by atoms with E-state index in [9.17, 15) is 9.59 Å². The molecule has 4 N–H and O–H groups in total. The van der Waals surface area contributed by atoms with Crippen molar-refractivity contribution in [1.82, 2.24) is 10.8 Å². The smallest absolute Gasteiger partial charge is 0.336 e. The molecule has 0 fully saturated rings. The van der Waals surface area contributed by atoms with Crippen LogP contribution in [0.25, 0.3) is 0 Å². The predicted molar refractivity (Wildman–Crippen MR) is 62.6 cm³/mol. The minimum absolute atomic E-state index is 0.109. The third kappa shape index (κ3) is 5.53. The van der Waals surface area contributed by atoms with Crippen molar-refractivity contribution < 1.29 is 14.8 Å². The zero-order valence-corrected chi connectivity index (χ0v) is 9.27. The molecule has 92 valence electrons. The lowest BCUT2D eigenvalue weighted by Crippen LogP contribution is -2.34. The molecule has 0 heterocycles. The van der Waals surface area contributed by atoms with Gasteiger partial charge in [-0.05, 0) is 18.6 Å². The van der Waals surface area contributed by atoms with Crippen LogP contribution in [0.5, 0.6) is 0 Å². The number of nitrogens with one attached hydrogen (secondary N) is 3. The Morgan fingerprint density at radius 1 is 1.18 bits per heavy atom. The molecule has 0 aliphatic heterocycles. The predicted octanol–water partition coefficient (Wildman–Crippen LogP) is 1.09. The highest BCUT2D eigenvalue weighted by atomic mass is 16.5. The lowest BCUT2D eigenvalue weighted by Gasteiger charge is -2.05. The first kappa shape index (κ1) is 13.0.